The molecule has 0 saturated carbocycles. The molecule has 0 aromatic heterocycles. The van der Waals surface area contributed by atoms with Crippen LogP contribution in [0.5, 0.6) is 0 Å². The fraction of sp³-hybridized carbons (Fsp3) is 0.667. The monoisotopic (exact) mass is 858 g/mol. The molecule has 0 aromatic carbocycles. The van der Waals surface area contributed by atoms with Gasteiger partial charge in [-0.1, -0.05) is 182 Å². The van der Waals surface area contributed by atoms with E-state index >= 15 is 0 Å². The van der Waals surface area contributed by atoms with Gasteiger partial charge in [-0.2, -0.15) is 0 Å². The molecular weight excluding hydrogens is 768 g/mol. The number of hydrogen-bond acceptors (Lipinski definition) is 5. The number of phosphoric acid groups is 1. The maximum atomic E-state index is 12.8. The van der Waals surface area contributed by atoms with Crippen LogP contribution in [-0.4, -0.2) is 73.4 Å². The molecule has 9 heteroatoms. The molecule has 0 bridgehead atoms. The van der Waals surface area contributed by atoms with Crippen LogP contribution in [0.4, 0.5) is 0 Å². The van der Waals surface area contributed by atoms with E-state index in [-0.39, 0.29) is 19.1 Å². The average Bonchev–Trinajstić information content (AvgIpc) is 3.20. The third kappa shape index (κ3) is 43.5. The van der Waals surface area contributed by atoms with Crippen LogP contribution in [0.25, 0.3) is 0 Å². The molecule has 0 heterocycles. The van der Waals surface area contributed by atoms with E-state index in [1.165, 1.54) is 64.2 Å². The predicted molar refractivity (Wildman–Crippen MR) is 258 cm³/mol. The lowest BCUT2D eigenvalue weighted by Crippen LogP contribution is -2.45. The lowest BCUT2D eigenvalue weighted by atomic mass is 10.0. The molecule has 0 radical (unpaired) electrons. The van der Waals surface area contributed by atoms with Crippen molar-refractivity contribution in [2.45, 2.75) is 180 Å². The Morgan fingerprint density at radius 2 is 1.02 bits per heavy atom. The van der Waals surface area contributed by atoms with Crippen molar-refractivity contribution in [1.29, 1.82) is 0 Å². The fourth-order valence-corrected chi connectivity index (χ4v) is 6.80. The number of quaternary nitrogens is 1. The van der Waals surface area contributed by atoms with Crippen molar-refractivity contribution in [2.24, 2.45) is 0 Å². The molecule has 3 unspecified atom stereocenters. The second kappa shape index (κ2) is 41.8. The minimum Gasteiger partial charge on any atom is -0.387 e. The zero-order valence-corrected chi connectivity index (χ0v) is 39.8. The average molecular weight is 858 g/mol. The summed E-state index contributed by atoms with van der Waals surface area (Å²) in [6.07, 6.45) is 59.5. The standard InChI is InChI=1S/C51H89N2O6P/c1-6-8-10-12-14-15-16-17-18-19-20-21-22-23-24-25-26-27-28-29-30-31-32-33-34-35-36-37-39-41-43-45-51(55)52-49(50(54)44-42-40-38-13-11-9-7-2)48-59-60(56,57)58-47-46-53(3,4)5/h8,10-11,13-15,17-18,20-21,23-24,26-27,42,44,49-50,54H,6-7,9,12,16,19,22,25,28-41,43,45-48H2,1-5H3,(H-,52,55,56,57)/p+1/b10-8-,13-11+,15-14-,18-17-,21-20-,24-23-,27-26-,44-42+. The fourth-order valence-electron chi connectivity index (χ4n) is 6.07. The highest BCUT2D eigenvalue weighted by atomic mass is 31.2. The summed E-state index contributed by atoms with van der Waals surface area (Å²) in [7, 11) is 1.53. The number of aliphatic hydroxyl groups is 1. The number of phosphoric ester groups is 1. The molecule has 1 amide bonds. The smallest absolute Gasteiger partial charge is 0.387 e. The van der Waals surface area contributed by atoms with Gasteiger partial charge in [-0.15, -0.1) is 0 Å². The lowest BCUT2D eigenvalue weighted by molar-refractivity contribution is -0.870. The molecule has 0 aliphatic carbocycles. The van der Waals surface area contributed by atoms with Crippen molar-refractivity contribution in [2.75, 3.05) is 40.9 Å². The molecule has 0 fully saturated rings. The molecular formula is C51H90N2O6P+. The van der Waals surface area contributed by atoms with Crippen LogP contribution in [0.2, 0.25) is 0 Å². The van der Waals surface area contributed by atoms with E-state index in [0.717, 1.165) is 83.5 Å². The Labute approximate surface area is 369 Å². The minimum absolute atomic E-state index is 0.0507. The number of nitrogens with zero attached hydrogens (tertiary/aromatic N) is 1. The molecule has 3 N–H and O–H groups in total. The zero-order chi connectivity index (χ0) is 44.3. The Morgan fingerprint density at radius 1 is 0.583 bits per heavy atom. The van der Waals surface area contributed by atoms with Gasteiger partial charge in [0.05, 0.1) is 39.9 Å². The summed E-state index contributed by atoms with van der Waals surface area (Å²) in [5.74, 6) is -0.199. The minimum atomic E-state index is -4.34. The number of unbranched alkanes of at least 4 members (excludes halogenated alkanes) is 14. The first-order chi connectivity index (χ1) is 29.0. The highest BCUT2D eigenvalue weighted by molar-refractivity contribution is 7.47. The lowest BCUT2D eigenvalue weighted by Gasteiger charge is -2.25. The number of nitrogens with one attached hydrogen (secondary N) is 1. The summed E-state index contributed by atoms with van der Waals surface area (Å²) in [5, 5.41) is 13.7. The van der Waals surface area contributed by atoms with Gasteiger partial charge in [0, 0.05) is 6.42 Å². The van der Waals surface area contributed by atoms with Gasteiger partial charge in [0.15, 0.2) is 0 Å². The number of carbonyl (C=O) groups excluding carboxylic acids is 1. The largest absolute Gasteiger partial charge is 0.472 e. The SMILES string of the molecule is CC/C=C\C/C=C\C/C=C\C/C=C\C/C=C\C/C=C\CCCCCCCCCCCCCCC(=O)NC(COP(=O)(O)OCC[N+](C)(C)C)C(O)/C=C/CC/C=C/CCC. The van der Waals surface area contributed by atoms with Crippen LogP contribution in [-0.2, 0) is 18.4 Å². The van der Waals surface area contributed by atoms with Crippen molar-refractivity contribution in [1.82, 2.24) is 5.32 Å². The van der Waals surface area contributed by atoms with Gasteiger partial charge in [0.25, 0.3) is 0 Å². The van der Waals surface area contributed by atoms with Gasteiger partial charge < -0.3 is 19.8 Å². The summed E-state index contributed by atoms with van der Waals surface area (Å²) in [6, 6.07) is -0.866. The van der Waals surface area contributed by atoms with Gasteiger partial charge in [-0.3, -0.25) is 13.8 Å². The van der Waals surface area contributed by atoms with Crippen LogP contribution >= 0.6 is 7.82 Å². The third-order valence-electron chi connectivity index (χ3n) is 9.77. The van der Waals surface area contributed by atoms with E-state index < -0.39 is 20.0 Å². The molecule has 3 atom stereocenters. The van der Waals surface area contributed by atoms with Crippen molar-refractivity contribution in [3.8, 4) is 0 Å². The second-order valence-electron chi connectivity index (χ2n) is 16.7. The van der Waals surface area contributed by atoms with E-state index in [0.29, 0.717) is 17.4 Å². The summed E-state index contributed by atoms with van der Waals surface area (Å²) >= 11 is 0. The van der Waals surface area contributed by atoms with Crippen molar-refractivity contribution in [3.63, 3.8) is 0 Å². The zero-order valence-electron chi connectivity index (χ0n) is 38.9. The Kier molecular flexibility index (Phi) is 40.0. The van der Waals surface area contributed by atoms with Crippen LogP contribution in [0.1, 0.15) is 168 Å². The van der Waals surface area contributed by atoms with Gasteiger partial charge in [-0.05, 0) is 77.0 Å². The Hall–Kier alpha value is -2.58. The number of hydrogen-bond donors (Lipinski definition) is 3. The molecule has 344 valence electrons. The van der Waals surface area contributed by atoms with Crippen LogP contribution in [0, 0.1) is 0 Å². The highest BCUT2D eigenvalue weighted by Crippen LogP contribution is 2.43. The van der Waals surface area contributed by atoms with Gasteiger partial charge in [0.2, 0.25) is 5.91 Å². The first-order valence-electron chi connectivity index (χ1n) is 23.6. The second-order valence-corrected chi connectivity index (χ2v) is 18.2. The van der Waals surface area contributed by atoms with Gasteiger partial charge in [-0.25, -0.2) is 4.57 Å². The first-order valence-corrected chi connectivity index (χ1v) is 25.1. The van der Waals surface area contributed by atoms with Gasteiger partial charge >= 0.3 is 7.82 Å². The molecule has 8 nitrogen and oxygen atoms in total. The van der Waals surface area contributed by atoms with E-state index in [1.807, 2.05) is 27.2 Å². The summed E-state index contributed by atoms with van der Waals surface area (Å²) in [5.41, 5.74) is 0. The molecule has 0 saturated heterocycles. The number of likely N-dealkylation sites (N-methyl/N-ethyl adjacent to an activating group) is 1. The normalized spacial score (nSPS) is 15.1. The molecule has 0 aliphatic rings. The summed E-state index contributed by atoms with van der Waals surface area (Å²) < 4.78 is 23.4. The van der Waals surface area contributed by atoms with Crippen LogP contribution < -0.4 is 5.32 Å². The van der Waals surface area contributed by atoms with E-state index in [1.54, 1.807) is 6.08 Å². The predicted octanol–water partition coefficient (Wildman–Crippen LogP) is 13.5. The maximum absolute atomic E-state index is 12.8. The molecule has 0 spiro atoms. The van der Waals surface area contributed by atoms with Crippen LogP contribution in [0.15, 0.2) is 97.2 Å². The molecule has 60 heavy (non-hydrogen) atoms. The maximum Gasteiger partial charge on any atom is 0.472 e. The number of amides is 1. The number of carbonyl (C=O) groups is 1. The van der Waals surface area contributed by atoms with Crippen molar-refractivity contribution in [3.05, 3.63) is 97.2 Å². The van der Waals surface area contributed by atoms with E-state index in [9.17, 15) is 19.4 Å². The van der Waals surface area contributed by atoms with Crippen molar-refractivity contribution >= 4 is 13.7 Å². The number of rotatable bonds is 41. The number of aliphatic hydroxyl groups excluding tert-OH is 1. The number of allylic oxidation sites excluding steroid dienone is 15. The van der Waals surface area contributed by atoms with Crippen LogP contribution in [0.3, 0.4) is 0 Å². The Balaban J connectivity index is 4.05. The third-order valence-corrected chi connectivity index (χ3v) is 10.8. The van der Waals surface area contributed by atoms with E-state index in [4.69, 9.17) is 9.05 Å². The quantitative estimate of drug-likeness (QED) is 0.0245. The highest BCUT2D eigenvalue weighted by Gasteiger charge is 2.27. The Morgan fingerprint density at radius 3 is 1.52 bits per heavy atom. The molecule has 0 rings (SSSR count). The summed E-state index contributed by atoms with van der Waals surface area (Å²) in [4.78, 5) is 23.0. The van der Waals surface area contributed by atoms with Gasteiger partial charge in [0.1, 0.15) is 13.2 Å². The molecule has 0 aliphatic heterocycles. The topological polar surface area (TPSA) is 105 Å². The first kappa shape index (κ1) is 57.4. The Bertz CT molecular complexity index is 1290. The van der Waals surface area contributed by atoms with E-state index in [2.05, 4.69) is 104 Å². The molecule has 0 aromatic rings. The van der Waals surface area contributed by atoms with Crippen molar-refractivity contribution < 1.29 is 32.9 Å². The summed E-state index contributed by atoms with van der Waals surface area (Å²) in [6.45, 7) is 4.54.